The van der Waals surface area contributed by atoms with Crippen molar-refractivity contribution in [3.8, 4) is 0 Å². The first-order chi connectivity index (χ1) is 13.3. The molecule has 1 fully saturated rings. The highest BCUT2D eigenvalue weighted by atomic mass is 127. The van der Waals surface area contributed by atoms with Crippen LogP contribution in [0.3, 0.4) is 0 Å². The molecule has 166 valence electrons. The molecule has 2 N–H and O–H groups in total. The smallest absolute Gasteiger partial charge is 0.357 e. The molecule has 0 bridgehead atoms. The Kier molecular flexibility index (Phi) is 11.2. The molecular weight excluding hydrogens is 518 g/mol. The zero-order valence-corrected chi connectivity index (χ0v) is 19.9. The van der Waals surface area contributed by atoms with Crippen molar-refractivity contribution in [2.45, 2.75) is 45.7 Å². The van der Waals surface area contributed by atoms with Crippen LogP contribution < -0.4 is 10.6 Å². The molecule has 1 aromatic heterocycles. The number of nitrogens with one attached hydrogen (secondary N) is 2. The fourth-order valence-corrected chi connectivity index (χ4v) is 3.82. The number of aromatic nitrogens is 1. The van der Waals surface area contributed by atoms with E-state index in [-0.39, 0.29) is 29.9 Å². The van der Waals surface area contributed by atoms with Gasteiger partial charge in [0.25, 0.3) is 0 Å². The normalized spacial score (nSPS) is 17.6. The van der Waals surface area contributed by atoms with E-state index in [1.54, 1.807) is 0 Å². The van der Waals surface area contributed by atoms with Crippen LogP contribution in [-0.4, -0.2) is 54.5 Å². The number of amides is 1. The first-order valence-electron chi connectivity index (χ1n) is 9.61. The van der Waals surface area contributed by atoms with Crippen molar-refractivity contribution in [3.63, 3.8) is 0 Å². The maximum absolute atomic E-state index is 12.6. The van der Waals surface area contributed by atoms with E-state index in [0.29, 0.717) is 49.4 Å². The number of carbonyl (C=O) groups excluding carboxylic acids is 1. The van der Waals surface area contributed by atoms with E-state index in [1.165, 1.54) is 6.42 Å². The molecule has 2 heterocycles. The van der Waals surface area contributed by atoms with Crippen molar-refractivity contribution < 1.29 is 18.0 Å². The number of hydrogen-bond acceptors (Lipinski definition) is 4. The summed E-state index contributed by atoms with van der Waals surface area (Å²) in [7, 11) is 0. The fraction of sp³-hybridized carbons (Fsp3) is 0.722. The molecule has 0 radical (unpaired) electrons. The molecule has 1 aromatic rings. The van der Waals surface area contributed by atoms with Gasteiger partial charge in [-0.1, -0.05) is 6.92 Å². The number of carbonyl (C=O) groups is 1. The largest absolute Gasteiger partial charge is 0.434 e. The molecule has 1 aliphatic rings. The molecule has 0 spiro atoms. The zero-order valence-electron chi connectivity index (χ0n) is 16.7. The average molecular weight is 547 g/mol. The molecule has 1 saturated heterocycles. The van der Waals surface area contributed by atoms with Crippen molar-refractivity contribution in [2.24, 2.45) is 10.9 Å². The Labute approximate surface area is 190 Å². The lowest BCUT2D eigenvalue weighted by Gasteiger charge is -2.31. The van der Waals surface area contributed by atoms with E-state index < -0.39 is 11.9 Å². The lowest BCUT2D eigenvalue weighted by atomic mass is 10.00. The number of hydrogen-bond donors (Lipinski definition) is 2. The number of alkyl halides is 3. The first kappa shape index (κ1) is 25.9. The number of nitrogens with zero attached hydrogens (tertiary/aromatic N) is 3. The summed E-state index contributed by atoms with van der Waals surface area (Å²) in [5.74, 6) is 1.24. The highest BCUT2D eigenvalue weighted by Gasteiger charge is 2.33. The van der Waals surface area contributed by atoms with Crippen LogP contribution in [0.1, 0.15) is 43.8 Å². The number of halogens is 4. The summed E-state index contributed by atoms with van der Waals surface area (Å²) in [4.78, 5) is 22.2. The van der Waals surface area contributed by atoms with Crippen LogP contribution in [0.5, 0.6) is 0 Å². The topological polar surface area (TPSA) is 69.6 Å². The van der Waals surface area contributed by atoms with Gasteiger partial charge >= 0.3 is 6.18 Å². The van der Waals surface area contributed by atoms with Gasteiger partial charge in [0.1, 0.15) is 0 Å². The Balaban J connectivity index is 0.00000420. The highest BCUT2D eigenvalue weighted by molar-refractivity contribution is 14.0. The number of thiazole rings is 1. The summed E-state index contributed by atoms with van der Waals surface area (Å²) >= 11 is 0.988. The Morgan fingerprint density at radius 2 is 2.17 bits per heavy atom. The van der Waals surface area contributed by atoms with Crippen molar-refractivity contribution in [2.75, 3.05) is 32.7 Å². The van der Waals surface area contributed by atoms with Crippen molar-refractivity contribution in [1.82, 2.24) is 20.5 Å². The molecule has 11 heteroatoms. The number of rotatable bonds is 7. The Morgan fingerprint density at radius 3 is 2.79 bits per heavy atom. The minimum absolute atomic E-state index is 0. The molecule has 1 atom stereocenters. The van der Waals surface area contributed by atoms with Crippen LogP contribution in [0.2, 0.25) is 0 Å². The number of guanidine groups is 1. The highest BCUT2D eigenvalue weighted by Crippen LogP contribution is 2.30. The van der Waals surface area contributed by atoms with E-state index in [2.05, 4.69) is 27.5 Å². The Bertz CT molecular complexity index is 668. The molecule has 0 saturated carbocycles. The first-order valence-corrected chi connectivity index (χ1v) is 10.5. The molecule has 0 aliphatic carbocycles. The van der Waals surface area contributed by atoms with Crippen molar-refractivity contribution in [3.05, 3.63) is 16.1 Å². The van der Waals surface area contributed by atoms with Gasteiger partial charge in [0.15, 0.2) is 11.7 Å². The molecule has 0 aromatic carbocycles. The minimum atomic E-state index is -4.41. The fourth-order valence-electron chi connectivity index (χ4n) is 3.02. The third kappa shape index (κ3) is 9.06. The third-order valence-corrected chi connectivity index (χ3v) is 5.33. The predicted octanol–water partition coefficient (Wildman–Crippen LogP) is 3.53. The lowest BCUT2D eigenvalue weighted by molar-refractivity contribution is -0.140. The van der Waals surface area contributed by atoms with Crippen LogP contribution in [0.25, 0.3) is 0 Å². The molecule has 6 nitrogen and oxygen atoms in total. The van der Waals surface area contributed by atoms with Gasteiger partial charge in [-0.3, -0.25) is 9.79 Å². The maximum atomic E-state index is 12.6. The maximum Gasteiger partial charge on any atom is 0.434 e. The van der Waals surface area contributed by atoms with Gasteiger partial charge in [0.2, 0.25) is 5.91 Å². The molecule has 29 heavy (non-hydrogen) atoms. The lowest BCUT2D eigenvalue weighted by Crippen LogP contribution is -2.42. The summed E-state index contributed by atoms with van der Waals surface area (Å²) in [6.07, 6.45) is -1.46. The minimum Gasteiger partial charge on any atom is -0.357 e. The van der Waals surface area contributed by atoms with E-state index in [9.17, 15) is 18.0 Å². The number of piperidine rings is 1. The van der Waals surface area contributed by atoms with E-state index in [0.717, 1.165) is 36.2 Å². The summed E-state index contributed by atoms with van der Waals surface area (Å²) < 4.78 is 37.7. The quantitative estimate of drug-likeness (QED) is 0.312. The van der Waals surface area contributed by atoms with Gasteiger partial charge < -0.3 is 15.5 Å². The van der Waals surface area contributed by atoms with Gasteiger partial charge in [-0.2, -0.15) is 13.2 Å². The van der Waals surface area contributed by atoms with Crippen LogP contribution in [0, 0.1) is 5.92 Å². The van der Waals surface area contributed by atoms with Crippen LogP contribution in [0.4, 0.5) is 13.2 Å². The van der Waals surface area contributed by atoms with Gasteiger partial charge in [0.05, 0.1) is 5.01 Å². The van der Waals surface area contributed by atoms with E-state index >= 15 is 0 Å². The van der Waals surface area contributed by atoms with Crippen LogP contribution in [0.15, 0.2) is 10.4 Å². The standard InChI is InChI=1S/C18H28F3N5OS.HI/c1-3-22-17(23-8-6-15-25-14(12-28-15)18(19,20)21)24-9-7-16(27)26-10-4-5-13(2)11-26;/h12-13H,3-11H2,1-2H3,(H2,22,23,24);1H. The van der Waals surface area contributed by atoms with Crippen LogP contribution >= 0.6 is 35.3 Å². The molecular formula is C18H29F3IN5OS. The average Bonchev–Trinajstić information content (AvgIpc) is 3.11. The molecule has 2 rings (SSSR count). The second-order valence-corrected chi connectivity index (χ2v) is 7.84. The second-order valence-electron chi connectivity index (χ2n) is 6.90. The van der Waals surface area contributed by atoms with Gasteiger partial charge in [-0.15, -0.1) is 35.3 Å². The Morgan fingerprint density at radius 1 is 1.41 bits per heavy atom. The van der Waals surface area contributed by atoms with Crippen molar-refractivity contribution in [1.29, 1.82) is 0 Å². The number of aliphatic imine (C=N–C) groups is 1. The summed E-state index contributed by atoms with van der Waals surface area (Å²) in [6, 6.07) is 0. The van der Waals surface area contributed by atoms with Crippen LogP contribution in [-0.2, 0) is 17.4 Å². The molecule has 1 unspecified atom stereocenters. The zero-order chi connectivity index (χ0) is 20.6. The Hall–Kier alpha value is -1.11. The van der Waals surface area contributed by atoms with E-state index in [1.807, 2.05) is 11.8 Å². The van der Waals surface area contributed by atoms with Gasteiger partial charge in [-0.25, -0.2) is 4.98 Å². The second kappa shape index (κ2) is 12.6. The summed E-state index contributed by atoms with van der Waals surface area (Å²) in [6.45, 7) is 7.16. The molecule has 1 aliphatic heterocycles. The number of likely N-dealkylation sites (tertiary alicyclic amines) is 1. The predicted molar refractivity (Wildman–Crippen MR) is 120 cm³/mol. The monoisotopic (exact) mass is 547 g/mol. The third-order valence-electron chi connectivity index (χ3n) is 4.42. The van der Waals surface area contributed by atoms with E-state index in [4.69, 9.17) is 0 Å². The van der Waals surface area contributed by atoms with Gasteiger partial charge in [-0.05, 0) is 25.7 Å². The van der Waals surface area contributed by atoms with Gasteiger partial charge in [0, 0.05) is 50.9 Å². The molecule has 1 amide bonds. The van der Waals surface area contributed by atoms with Crippen molar-refractivity contribution >= 4 is 47.2 Å². The summed E-state index contributed by atoms with van der Waals surface area (Å²) in [5.41, 5.74) is -0.855. The summed E-state index contributed by atoms with van der Waals surface area (Å²) in [5, 5.41) is 7.62. The SMILES string of the molecule is CCNC(=NCCc1nc(C(F)(F)F)cs1)NCCC(=O)N1CCCC(C)C1.I.